The van der Waals surface area contributed by atoms with Crippen molar-refractivity contribution in [1.29, 1.82) is 0 Å². The highest BCUT2D eigenvalue weighted by Crippen LogP contribution is 2.32. The quantitative estimate of drug-likeness (QED) is 0.420. The van der Waals surface area contributed by atoms with Gasteiger partial charge >= 0.3 is 17.9 Å². The molecule has 30 heavy (non-hydrogen) atoms. The van der Waals surface area contributed by atoms with Gasteiger partial charge in [-0.3, -0.25) is 9.59 Å². The van der Waals surface area contributed by atoms with Crippen LogP contribution in [0.2, 0.25) is 0 Å². The third-order valence-corrected chi connectivity index (χ3v) is 5.23. The van der Waals surface area contributed by atoms with E-state index in [1.54, 1.807) is 26.8 Å². The lowest BCUT2D eigenvalue weighted by Crippen LogP contribution is -2.38. The second-order valence-corrected chi connectivity index (χ2v) is 6.99. The fourth-order valence-corrected chi connectivity index (χ4v) is 3.43. The number of ether oxygens (including phenoxy) is 3. The van der Waals surface area contributed by atoms with E-state index in [2.05, 4.69) is 5.32 Å². The predicted octanol–water partition coefficient (Wildman–Crippen LogP) is 1.48. The van der Waals surface area contributed by atoms with Gasteiger partial charge in [0.1, 0.15) is 5.92 Å². The highest BCUT2D eigenvalue weighted by atomic mass is 16.5. The maximum absolute atomic E-state index is 13.0. The molecule has 2 heterocycles. The molecule has 162 valence electrons. The summed E-state index contributed by atoms with van der Waals surface area (Å²) < 4.78 is 16.6. The Morgan fingerprint density at radius 2 is 1.47 bits per heavy atom. The fourth-order valence-electron chi connectivity index (χ4n) is 3.43. The van der Waals surface area contributed by atoms with Crippen LogP contribution >= 0.6 is 0 Å². The summed E-state index contributed by atoms with van der Waals surface area (Å²) in [6.07, 6.45) is 0. The van der Waals surface area contributed by atoms with E-state index in [1.807, 2.05) is 18.5 Å². The van der Waals surface area contributed by atoms with Crippen molar-refractivity contribution >= 4 is 23.7 Å². The fraction of sp³-hybridized carbons (Fsp3) is 0.429. The summed E-state index contributed by atoms with van der Waals surface area (Å²) in [6.45, 7) is 6.26. The molecule has 1 N–H and O–H groups in total. The number of rotatable bonds is 6. The van der Waals surface area contributed by atoms with Crippen molar-refractivity contribution in [2.24, 2.45) is 13.0 Å². The van der Waals surface area contributed by atoms with Crippen molar-refractivity contribution in [1.82, 2.24) is 9.88 Å². The second kappa shape index (κ2) is 8.98. The minimum Gasteiger partial charge on any atom is -0.466 e. The first-order valence-corrected chi connectivity index (χ1v) is 9.23. The Bertz CT molecular complexity index is 944. The smallest absolute Gasteiger partial charge is 0.336 e. The summed E-state index contributed by atoms with van der Waals surface area (Å²) in [4.78, 5) is 50.2. The first-order chi connectivity index (χ1) is 14.0. The molecule has 1 aliphatic rings. The number of aryl methyl sites for hydroxylation is 1. The van der Waals surface area contributed by atoms with Gasteiger partial charge in [0.2, 0.25) is 5.78 Å². The Labute approximate surface area is 174 Å². The van der Waals surface area contributed by atoms with Gasteiger partial charge in [-0.1, -0.05) is 0 Å². The van der Waals surface area contributed by atoms with E-state index in [0.29, 0.717) is 17.0 Å². The van der Waals surface area contributed by atoms with E-state index in [9.17, 15) is 19.2 Å². The van der Waals surface area contributed by atoms with Crippen molar-refractivity contribution in [3.63, 3.8) is 0 Å². The highest BCUT2D eigenvalue weighted by molar-refractivity contribution is 6.06. The molecule has 0 atom stereocenters. The molecule has 0 aliphatic carbocycles. The number of dihydropyridines is 1. The number of allylic oxidation sites excluding steroid dienone is 2. The van der Waals surface area contributed by atoms with Gasteiger partial charge in [-0.2, -0.15) is 0 Å². The number of carbonyl (C=O) groups excluding carboxylic acids is 4. The molecule has 0 aromatic carbocycles. The zero-order chi connectivity index (χ0) is 22.7. The lowest BCUT2D eigenvalue weighted by Gasteiger charge is -2.28. The number of hydrogen-bond acceptors (Lipinski definition) is 8. The number of carbonyl (C=O) groups is 4. The lowest BCUT2D eigenvalue weighted by molar-refractivity contribution is -0.150. The molecular weight excluding hydrogens is 392 g/mol. The third kappa shape index (κ3) is 4.14. The van der Waals surface area contributed by atoms with Gasteiger partial charge in [0, 0.05) is 35.4 Å². The zero-order valence-corrected chi connectivity index (χ0v) is 18.2. The number of esters is 3. The van der Waals surface area contributed by atoms with Crippen LogP contribution in [0.1, 0.15) is 35.6 Å². The van der Waals surface area contributed by atoms with E-state index < -0.39 is 30.4 Å². The Morgan fingerprint density at radius 1 is 0.967 bits per heavy atom. The summed E-state index contributed by atoms with van der Waals surface area (Å²) in [5, 5.41) is 2.88. The van der Waals surface area contributed by atoms with Crippen molar-refractivity contribution < 1.29 is 33.4 Å². The molecule has 0 saturated heterocycles. The molecule has 1 aliphatic heterocycles. The van der Waals surface area contributed by atoms with Gasteiger partial charge in [0.15, 0.2) is 6.61 Å². The lowest BCUT2D eigenvalue weighted by atomic mass is 9.85. The van der Waals surface area contributed by atoms with Crippen LogP contribution in [0.5, 0.6) is 0 Å². The average molecular weight is 418 g/mol. The Kier molecular flexibility index (Phi) is 6.86. The molecule has 0 amide bonds. The summed E-state index contributed by atoms with van der Waals surface area (Å²) in [6, 6.07) is 1.71. The maximum atomic E-state index is 13.0. The maximum Gasteiger partial charge on any atom is 0.336 e. The number of nitrogens with zero attached hydrogens (tertiary/aromatic N) is 1. The standard InChI is InChI=1S/C21H26N2O7/c1-10-8-14(13(4)23(10)5)15(24)9-30-21(27)18-16(19(25)28-6)11(2)22-12(3)17(18)20(26)29-7/h8,18,22H,9H2,1-7H3. The van der Waals surface area contributed by atoms with Gasteiger partial charge in [-0.15, -0.1) is 0 Å². The molecule has 0 saturated carbocycles. The van der Waals surface area contributed by atoms with Gasteiger partial charge in [-0.05, 0) is 33.8 Å². The van der Waals surface area contributed by atoms with Crippen LogP contribution in [0.3, 0.4) is 0 Å². The molecule has 0 bridgehead atoms. The van der Waals surface area contributed by atoms with E-state index >= 15 is 0 Å². The molecule has 1 aromatic heterocycles. The molecule has 0 fully saturated rings. The summed E-state index contributed by atoms with van der Waals surface area (Å²) >= 11 is 0. The summed E-state index contributed by atoms with van der Waals surface area (Å²) in [5.74, 6) is -4.28. The zero-order valence-electron chi connectivity index (χ0n) is 18.2. The first-order valence-electron chi connectivity index (χ1n) is 9.23. The SMILES string of the molecule is COC(=O)C1=C(C)NC(C)=C(C(=O)OC)C1C(=O)OCC(=O)c1cc(C)n(C)c1C. The first kappa shape index (κ1) is 22.9. The van der Waals surface area contributed by atoms with Crippen LogP contribution in [0.15, 0.2) is 28.6 Å². The van der Waals surface area contributed by atoms with Crippen molar-refractivity contribution in [2.75, 3.05) is 20.8 Å². The Hall–Kier alpha value is -3.36. The summed E-state index contributed by atoms with van der Waals surface area (Å²) in [5.41, 5.74) is 2.60. The Balaban J connectivity index is 2.35. The normalized spacial score (nSPS) is 14.4. The second-order valence-electron chi connectivity index (χ2n) is 6.99. The molecule has 0 radical (unpaired) electrons. The number of nitrogens with one attached hydrogen (secondary N) is 1. The highest BCUT2D eigenvalue weighted by Gasteiger charge is 2.42. The minimum absolute atomic E-state index is 0.0762. The molecule has 0 spiro atoms. The van der Waals surface area contributed by atoms with Gasteiger partial charge < -0.3 is 24.1 Å². The predicted molar refractivity (Wildman–Crippen MR) is 106 cm³/mol. The molecule has 9 heteroatoms. The van der Waals surface area contributed by atoms with E-state index in [1.165, 1.54) is 0 Å². The van der Waals surface area contributed by atoms with E-state index in [0.717, 1.165) is 25.6 Å². The van der Waals surface area contributed by atoms with Crippen LogP contribution < -0.4 is 5.32 Å². The monoisotopic (exact) mass is 418 g/mol. The van der Waals surface area contributed by atoms with Crippen molar-refractivity contribution in [3.05, 3.63) is 45.6 Å². The van der Waals surface area contributed by atoms with Crippen LogP contribution in [-0.4, -0.2) is 49.1 Å². The van der Waals surface area contributed by atoms with Gasteiger partial charge in [0.05, 0.1) is 25.4 Å². The van der Waals surface area contributed by atoms with Crippen molar-refractivity contribution in [3.8, 4) is 0 Å². The topological polar surface area (TPSA) is 113 Å². The number of hydrogen-bond donors (Lipinski definition) is 1. The van der Waals surface area contributed by atoms with E-state index in [4.69, 9.17) is 14.2 Å². The van der Waals surface area contributed by atoms with Crippen molar-refractivity contribution in [2.45, 2.75) is 27.7 Å². The van der Waals surface area contributed by atoms with Gasteiger partial charge in [0.25, 0.3) is 0 Å². The molecule has 9 nitrogen and oxygen atoms in total. The van der Waals surface area contributed by atoms with Crippen LogP contribution in [0.4, 0.5) is 0 Å². The van der Waals surface area contributed by atoms with E-state index in [-0.39, 0.29) is 16.9 Å². The van der Waals surface area contributed by atoms with Crippen LogP contribution in [0, 0.1) is 19.8 Å². The largest absolute Gasteiger partial charge is 0.466 e. The third-order valence-electron chi connectivity index (χ3n) is 5.23. The number of ketones is 1. The minimum atomic E-state index is -1.38. The molecular formula is C21H26N2O7. The average Bonchev–Trinajstić information content (AvgIpc) is 2.97. The molecule has 1 aromatic rings. The summed E-state index contributed by atoms with van der Waals surface area (Å²) in [7, 11) is 4.16. The van der Waals surface area contributed by atoms with Gasteiger partial charge in [-0.25, -0.2) is 9.59 Å². The Morgan fingerprint density at radius 3 is 1.87 bits per heavy atom. The van der Waals surface area contributed by atoms with Crippen LogP contribution in [0.25, 0.3) is 0 Å². The number of methoxy groups -OCH3 is 2. The molecule has 2 rings (SSSR count). The number of aromatic nitrogens is 1. The molecule has 0 unspecified atom stereocenters. The van der Waals surface area contributed by atoms with Crippen LogP contribution in [-0.2, 0) is 35.6 Å². The number of Topliss-reactive ketones (excluding diaryl/α,β-unsaturated/α-hetero) is 1.